The van der Waals surface area contributed by atoms with Gasteiger partial charge in [-0.05, 0) is 45.7 Å². The molecule has 0 spiro atoms. The maximum atomic E-state index is 12.6. The van der Waals surface area contributed by atoms with Crippen molar-refractivity contribution < 1.29 is 14.3 Å². The van der Waals surface area contributed by atoms with E-state index in [9.17, 15) is 9.59 Å². The molecule has 7 heteroatoms. The van der Waals surface area contributed by atoms with Gasteiger partial charge in [-0.2, -0.15) is 0 Å². The van der Waals surface area contributed by atoms with E-state index >= 15 is 0 Å². The Kier molecular flexibility index (Phi) is 5.15. The Morgan fingerprint density at radius 1 is 1.35 bits per heavy atom. The van der Waals surface area contributed by atoms with E-state index in [1.54, 1.807) is 20.8 Å². The molecular formula is C19H26N4O3. The lowest BCUT2D eigenvalue weighted by molar-refractivity contribution is -0.132. The molecule has 3 rings (SSSR count). The first-order valence-corrected chi connectivity index (χ1v) is 9.04. The Balaban J connectivity index is 1.57. The van der Waals surface area contributed by atoms with Gasteiger partial charge in [-0.25, -0.2) is 9.78 Å². The molecule has 2 aromatic rings. The molecule has 26 heavy (non-hydrogen) atoms. The summed E-state index contributed by atoms with van der Waals surface area (Å²) in [5, 5.41) is 2.64. The fourth-order valence-corrected chi connectivity index (χ4v) is 3.21. The highest BCUT2D eigenvalue weighted by Crippen LogP contribution is 2.31. The van der Waals surface area contributed by atoms with Crippen LogP contribution in [0.15, 0.2) is 24.3 Å². The second kappa shape index (κ2) is 7.35. The molecule has 1 fully saturated rings. The summed E-state index contributed by atoms with van der Waals surface area (Å²) in [6.07, 6.45) is 1.59. The minimum absolute atomic E-state index is 0.0176. The molecule has 140 valence electrons. The first-order valence-electron chi connectivity index (χ1n) is 9.04. The minimum atomic E-state index is -0.546. The van der Waals surface area contributed by atoms with Gasteiger partial charge in [0.15, 0.2) is 0 Å². The minimum Gasteiger partial charge on any atom is -0.444 e. The highest BCUT2D eigenvalue weighted by Gasteiger charge is 2.31. The fourth-order valence-electron chi connectivity index (χ4n) is 3.21. The number of hydrogen-bond donors (Lipinski definition) is 2. The number of ether oxygens (including phenoxy) is 1. The predicted molar refractivity (Wildman–Crippen MR) is 98.6 cm³/mol. The molecule has 0 unspecified atom stereocenters. The van der Waals surface area contributed by atoms with Crippen LogP contribution < -0.4 is 5.32 Å². The number of hydrogen-bond acceptors (Lipinski definition) is 4. The molecule has 1 aliphatic rings. The maximum absolute atomic E-state index is 12.6. The quantitative estimate of drug-likeness (QED) is 0.879. The summed E-state index contributed by atoms with van der Waals surface area (Å²) in [5.41, 5.74) is 1.34. The molecule has 1 atom stereocenters. The highest BCUT2D eigenvalue weighted by molar-refractivity contribution is 5.79. The lowest BCUT2D eigenvalue weighted by Gasteiger charge is -2.23. The summed E-state index contributed by atoms with van der Waals surface area (Å²) in [6, 6.07) is 7.83. The number of H-pyrrole nitrogens is 1. The zero-order valence-corrected chi connectivity index (χ0v) is 15.5. The molecule has 2 amide bonds. The van der Waals surface area contributed by atoms with Crippen molar-refractivity contribution in [3.63, 3.8) is 0 Å². The van der Waals surface area contributed by atoms with Crippen LogP contribution in [-0.4, -0.2) is 45.6 Å². The molecule has 0 saturated carbocycles. The van der Waals surface area contributed by atoms with E-state index in [0.717, 1.165) is 29.7 Å². The third-order valence-electron chi connectivity index (χ3n) is 4.30. The number of alkyl carbamates (subject to hydrolysis) is 1. The lowest BCUT2D eigenvalue weighted by Crippen LogP contribution is -2.36. The maximum Gasteiger partial charge on any atom is 0.407 e. The van der Waals surface area contributed by atoms with Gasteiger partial charge < -0.3 is 19.9 Å². The summed E-state index contributed by atoms with van der Waals surface area (Å²) in [4.78, 5) is 34.1. The standard InChI is InChI=1S/C19H26N4O3/c1-19(2,3)26-18(25)20-11-10-16(24)23-12-6-9-15(23)17-21-13-7-4-5-8-14(13)22-17/h4-5,7-8,15H,6,9-12H2,1-3H3,(H,20,25)(H,21,22)/t15-/m1/s1. The number of imidazole rings is 1. The van der Waals surface area contributed by atoms with Crippen molar-refractivity contribution in [2.45, 2.75) is 51.7 Å². The first kappa shape index (κ1) is 18.2. The van der Waals surface area contributed by atoms with Crippen LogP contribution in [0, 0.1) is 0 Å². The second-order valence-electron chi connectivity index (χ2n) is 7.56. The Morgan fingerprint density at radius 2 is 2.12 bits per heavy atom. The third kappa shape index (κ3) is 4.33. The summed E-state index contributed by atoms with van der Waals surface area (Å²) in [7, 11) is 0. The third-order valence-corrected chi connectivity index (χ3v) is 4.30. The van der Waals surface area contributed by atoms with Gasteiger partial charge in [0, 0.05) is 19.5 Å². The van der Waals surface area contributed by atoms with Gasteiger partial charge in [0.25, 0.3) is 0 Å². The molecule has 7 nitrogen and oxygen atoms in total. The Hall–Kier alpha value is -2.57. The molecule has 1 aliphatic heterocycles. The van der Waals surface area contributed by atoms with Crippen molar-refractivity contribution in [1.82, 2.24) is 20.2 Å². The van der Waals surface area contributed by atoms with E-state index in [1.165, 1.54) is 0 Å². The van der Waals surface area contributed by atoms with Gasteiger partial charge in [0.1, 0.15) is 11.4 Å². The van der Waals surface area contributed by atoms with Crippen LogP contribution >= 0.6 is 0 Å². The average Bonchev–Trinajstić information content (AvgIpc) is 3.19. The van der Waals surface area contributed by atoms with Crippen molar-refractivity contribution in [3.05, 3.63) is 30.1 Å². The van der Waals surface area contributed by atoms with Crippen LogP contribution in [0.3, 0.4) is 0 Å². The number of nitrogens with one attached hydrogen (secondary N) is 2. The van der Waals surface area contributed by atoms with Crippen molar-refractivity contribution in [3.8, 4) is 0 Å². The Bertz CT molecular complexity index is 760. The van der Waals surface area contributed by atoms with Crippen LogP contribution in [0.5, 0.6) is 0 Å². The van der Waals surface area contributed by atoms with Crippen molar-refractivity contribution in [2.75, 3.05) is 13.1 Å². The van der Waals surface area contributed by atoms with E-state index < -0.39 is 11.7 Å². The average molecular weight is 358 g/mol. The topological polar surface area (TPSA) is 87.3 Å². The highest BCUT2D eigenvalue weighted by atomic mass is 16.6. The number of nitrogens with zero attached hydrogens (tertiary/aromatic N) is 2. The van der Waals surface area contributed by atoms with Crippen LogP contribution in [0.4, 0.5) is 4.79 Å². The number of para-hydroxylation sites is 2. The summed E-state index contributed by atoms with van der Waals surface area (Å²) in [5.74, 6) is 0.848. The van der Waals surface area contributed by atoms with Crippen molar-refractivity contribution in [2.24, 2.45) is 0 Å². The summed E-state index contributed by atoms with van der Waals surface area (Å²) >= 11 is 0. The molecule has 0 radical (unpaired) electrons. The molecule has 2 heterocycles. The molecule has 0 aliphatic carbocycles. The normalized spacial score (nSPS) is 17.5. The zero-order chi connectivity index (χ0) is 18.7. The monoisotopic (exact) mass is 358 g/mol. The van der Waals surface area contributed by atoms with Gasteiger partial charge in [0.05, 0.1) is 17.1 Å². The zero-order valence-electron chi connectivity index (χ0n) is 15.5. The predicted octanol–water partition coefficient (Wildman–Crippen LogP) is 3.14. The van der Waals surface area contributed by atoms with Crippen LogP contribution in [0.1, 0.15) is 51.9 Å². The second-order valence-corrected chi connectivity index (χ2v) is 7.56. The fraction of sp³-hybridized carbons (Fsp3) is 0.526. The lowest BCUT2D eigenvalue weighted by atomic mass is 10.2. The molecule has 1 aromatic carbocycles. The summed E-state index contributed by atoms with van der Waals surface area (Å²) in [6.45, 7) is 6.39. The molecule has 1 saturated heterocycles. The first-order chi connectivity index (χ1) is 12.3. The van der Waals surface area contributed by atoms with Gasteiger partial charge in [-0.3, -0.25) is 4.79 Å². The van der Waals surface area contributed by atoms with Crippen LogP contribution in [-0.2, 0) is 9.53 Å². The van der Waals surface area contributed by atoms with Crippen LogP contribution in [0.2, 0.25) is 0 Å². The molecule has 0 bridgehead atoms. The van der Waals surface area contributed by atoms with Crippen molar-refractivity contribution in [1.29, 1.82) is 0 Å². The van der Waals surface area contributed by atoms with Gasteiger partial charge in [0.2, 0.25) is 5.91 Å². The number of fused-ring (bicyclic) bond motifs is 1. The molecule has 1 aromatic heterocycles. The van der Waals surface area contributed by atoms with E-state index in [2.05, 4.69) is 15.3 Å². The van der Waals surface area contributed by atoms with E-state index in [0.29, 0.717) is 6.54 Å². The molecule has 2 N–H and O–H groups in total. The number of carbonyl (C=O) groups excluding carboxylic acids is 2. The number of aromatic nitrogens is 2. The van der Waals surface area contributed by atoms with E-state index in [1.807, 2.05) is 29.2 Å². The van der Waals surface area contributed by atoms with Gasteiger partial charge in [-0.1, -0.05) is 12.1 Å². The summed E-state index contributed by atoms with van der Waals surface area (Å²) < 4.78 is 5.18. The number of likely N-dealkylation sites (tertiary alicyclic amines) is 1. The number of aromatic amines is 1. The van der Waals surface area contributed by atoms with Crippen LogP contribution in [0.25, 0.3) is 11.0 Å². The van der Waals surface area contributed by atoms with E-state index in [4.69, 9.17) is 4.74 Å². The van der Waals surface area contributed by atoms with Gasteiger partial charge in [-0.15, -0.1) is 0 Å². The van der Waals surface area contributed by atoms with E-state index in [-0.39, 0.29) is 24.9 Å². The Labute approximate surface area is 153 Å². The molecular weight excluding hydrogens is 332 g/mol. The number of amides is 2. The smallest absolute Gasteiger partial charge is 0.407 e. The number of benzene rings is 1. The Morgan fingerprint density at radius 3 is 2.85 bits per heavy atom. The SMILES string of the molecule is CC(C)(C)OC(=O)NCCC(=O)N1CCC[C@@H]1c1nc2ccccc2[nH]1. The van der Waals surface area contributed by atoms with Crippen molar-refractivity contribution >= 4 is 23.0 Å². The van der Waals surface area contributed by atoms with Gasteiger partial charge >= 0.3 is 6.09 Å². The number of carbonyl (C=O) groups is 2. The largest absolute Gasteiger partial charge is 0.444 e. The number of rotatable bonds is 4.